The molecule has 1 N–H and O–H groups in total. The molecule has 2 aromatic carbocycles. The summed E-state index contributed by atoms with van der Waals surface area (Å²) in [6, 6.07) is 16.2. The number of carbonyl (C=O) groups excluding carboxylic acids is 3. The van der Waals surface area contributed by atoms with Crippen molar-refractivity contribution in [1.82, 2.24) is 10.2 Å². The molecule has 0 radical (unpaired) electrons. The summed E-state index contributed by atoms with van der Waals surface area (Å²) in [6.07, 6.45) is -0.291. The van der Waals surface area contributed by atoms with Crippen molar-refractivity contribution in [2.24, 2.45) is 0 Å². The fourth-order valence-corrected chi connectivity index (χ4v) is 3.68. The Labute approximate surface area is 176 Å². The van der Waals surface area contributed by atoms with Gasteiger partial charge >= 0.3 is 12.1 Å². The molecule has 0 fully saturated rings. The Morgan fingerprint density at radius 2 is 1.63 bits per heavy atom. The quantitative estimate of drug-likeness (QED) is 0.530. The monoisotopic (exact) mass is 408 g/mol. The molecule has 2 aromatic rings. The van der Waals surface area contributed by atoms with Crippen molar-refractivity contribution in [2.75, 3.05) is 33.4 Å². The van der Waals surface area contributed by atoms with E-state index in [0.717, 1.165) is 11.1 Å². The van der Waals surface area contributed by atoms with Gasteiger partial charge in [-0.1, -0.05) is 48.5 Å². The first-order valence-electron chi connectivity index (χ1n) is 9.98. The van der Waals surface area contributed by atoms with Gasteiger partial charge in [0.15, 0.2) is 0 Å². The van der Waals surface area contributed by atoms with E-state index in [1.165, 1.54) is 23.1 Å². The lowest BCUT2D eigenvalue weighted by Gasteiger charge is -2.21. The van der Waals surface area contributed by atoms with Crippen LogP contribution in [0.3, 0.4) is 0 Å². The Kier molecular flexibility index (Phi) is 7.11. The number of benzene rings is 2. The van der Waals surface area contributed by atoms with E-state index in [-0.39, 0.29) is 44.4 Å². The van der Waals surface area contributed by atoms with Crippen molar-refractivity contribution in [3.63, 3.8) is 0 Å². The maximum Gasteiger partial charge on any atom is 0.407 e. The maximum absolute atomic E-state index is 12.2. The van der Waals surface area contributed by atoms with Crippen LogP contribution < -0.4 is 5.32 Å². The first-order chi connectivity index (χ1) is 14.5. The third-order valence-corrected chi connectivity index (χ3v) is 5.20. The molecular formula is C22H25BN2O5. The smallest absolute Gasteiger partial charge is 0.407 e. The third kappa shape index (κ3) is 4.82. The number of hydrogen-bond donors (Lipinski definition) is 1. The van der Waals surface area contributed by atoms with Gasteiger partial charge in [-0.05, 0) is 28.6 Å². The predicted molar refractivity (Wildman–Crippen MR) is 115 cm³/mol. The minimum atomic E-state index is -0.557. The summed E-state index contributed by atoms with van der Waals surface area (Å²) in [4.78, 5) is 37.0. The SMILES string of the molecule is BCC(=O)N(CCNC(=O)OCC1c2ccccc2-c2ccccc21)CC(=O)OC. The highest BCUT2D eigenvalue weighted by Gasteiger charge is 2.29. The lowest BCUT2D eigenvalue weighted by Crippen LogP contribution is -2.41. The molecular weight excluding hydrogens is 383 g/mol. The van der Waals surface area contributed by atoms with Gasteiger partial charge in [-0.3, -0.25) is 9.59 Å². The van der Waals surface area contributed by atoms with Crippen LogP contribution in [0.4, 0.5) is 4.79 Å². The van der Waals surface area contributed by atoms with Crippen LogP contribution in [0.2, 0.25) is 6.32 Å². The summed E-state index contributed by atoms with van der Waals surface area (Å²) in [6.45, 7) is 0.459. The van der Waals surface area contributed by atoms with E-state index in [1.54, 1.807) is 7.85 Å². The molecule has 2 amide bonds. The Hall–Kier alpha value is -3.29. The minimum absolute atomic E-state index is 0.0133. The number of hydrogen-bond acceptors (Lipinski definition) is 5. The van der Waals surface area contributed by atoms with E-state index < -0.39 is 12.1 Å². The van der Waals surface area contributed by atoms with Crippen molar-refractivity contribution in [3.8, 4) is 11.1 Å². The lowest BCUT2D eigenvalue weighted by atomic mass is 9.98. The average molecular weight is 408 g/mol. The predicted octanol–water partition coefficient (Wildman–Crippen LogP) is 1.58. The lowest BCUT2D eigenvalue weighted by molar-refractivity contribution is -0.146. The second-order valence-corrected chi connectivity index (χ2v) is 7.00. The Morgan fingerprint density at radius 3 is 2.20 bits per heavy atom. The molecule has 0 atom stereocenters. The highest BCUT2D eigenvalue weighted by molar-refractivity contribution is 6.19. The zero-order chi connectivity index (χ0) is 21.5. The summed E-state index contributed by atoms with van der Waals surface area (Å²) >= 11 is 0. The molecule has 0 unspecified atom stereocenters. The number of rotatable bonds is 8. The van der Waals surface area contributed by atoms with E-state index >= 15 is 0 Å². The van der Waals surface area contributed by atoms with Crippen molar-refractivity contribution < 1.29 is 23.9 Å². The number of nitrogens with one attached hydrogen (secondary N) is 1. The molecule has 0 aliphatic heterocycles. The molecule has 8 heteroatoms. The molecule has 7 nitrogen and oxygen atoms in total. The van der Waals surface area contributed by atoms with Crippen LogP contribution in [0.5, 0.6) is 0 Å². The maximum atomic E-state index is 12.2. The Bertz CT molecular complexity index is 888. The standard InChI is InChI=1S/C22H25BN2O5/c1-29-21(27)13-25(20(26)12-23)11-10-24-22(28)30-14-19-17-8-4-2-6-15(17)16-7-3-5-9-18(16)19/h2-9,19H,10-14,23H2,1H3,(H,24,28). The summed E-state index contributed by atoms with van der Waals surface area (Å²) in [5.74, 6) is -0.701. The largest absolute Gasteiger partial charge is 0.468 e. The van der Waals surface area contributed by atoms with Crippen molar-refractivity contribution in [3.05, 3.63) is 59.7 Å². The fraction of sp³-hybridized carbons (Fsp3) is 0.318. The van der Waals surface area contributed by atoms with Gasteiger partial charge in [0.2, 0.25) is 5.91 Å². The molecule has 0 saturated carbocycles. The van der Waals surface area contributed by atoms with Crippen molar-refractivity contribution in [1.29, 1.82) is 0 Å². The van der Waals surface area contributed by atoms with Gasteiger partial charge in [0.1, 0.15) is 21.0 Å². The zero-order valence-corrected chi connectivity index (χ0v) is 17.2. The number of fused-ring (bicyclic) bond motifs is 3. The third-order valence-electron chi connectivity index (χ3n) is 5.20. The number of esters is 1. The van der Waals surface area contributed by atoms with Crippen LogP contribution in [0, 0.1) is 0 Å². The normalized spacial score (nSPS) is 11.9. The Morgan fingerprint density at radius 1 is 1.03 bits per heavy atom. The van der Waals surface area contributed by atoms with Gasteiger partial charge in [0.25, 0.3) is 0 Å². The van der Waals surface area contributed by atoms with Gasteiger partial charge in [-0.25, -0.2) is 4.79 Å². The first-order valence-corrected chi connectivity index (χ1v) is 9.98. The van der Waals surface area contributed by atoms with Gasteiger partial charge in [0.05, 0.1) is 7.11 Å². The van der Waals surface area contributed by atoms with Crippen LogP contribution in [0.15, 0.2) is 48.5 Å². The topological polar surface area (TPSA) is 84.9 Å². The summed E-state index contributed by atoms with van der Waals surface area (Å²) in [5.41, 5.74) is 4.62. The van der Waals surface area contributed by atoms with E-state index in [4.69, 9.17) is 4.74 Å². The van der Waals surface area contributed by atoms with Gasteiger partial charge in [-0.15, -0.1) is 0 Å². The molecule has 0 saturated heterocycles. The number of methoxy groups -OCH3 is 1. The number of ether oxygens (including phenoxy) is 2. The summed E-state index contributed by atoms with van der Waals surface area (Å²) in [7, 11) is 2.98. The highest BCUT2D eigenvalue weighted by Crippen LogP contribution is 2.44. The number of nitrogens with zero attached hydrogens (tertiary/aromatic N) is 1. The molecule has 0 heterocycles. The van der Waals surface area contributed by atoms with Gasteiger partial charge < -0.3 is 19.7 Å². The number of carbonyl (C=O) groups is 3. The number of amides is 2. The van der Waals surface area contributed by atoms with Gasteiger partial charge in [-0.2, -0.15) is 0 Å². The van der Waals surface area contributed by atoms with E-state index in [1.807, 2.05) is 24.3 Å². The molecule has 1 aliphatic rings. The second kappa shape index (κ2) is 9.96. The van der Waals surface area contributed by atoms with Crippen LogP contribution in [-0.2, 0) is 19.1 Å². The Balaban J connectivity index is 1.54. The molecule has 0 bridgehead atoms. The minimum Gasteiger partial charge on any atom is -0.468 e. The first kappa shape index (κ1) is 21.4. The highest BCUT2D eigenvalue weighted by atomic mass is 16.5. The molecule has 30 heavy (non-hydrogen) atoms. The molecule has 0 aromatic heterocycles. The van der Waals surface area contributed by atoms with Crippen LogP contribution >= 0.6 is 0 Å². The fourth-order valence-electron chi connectivity index (χ4n) is 3.68. The van der Waals surface area contributed by atoms with E-state index in [0.29, 0.717) is 0 Å². The van der Waals surface area contributed by atoms with Crippen LogP contribution in [-0.4, -0.2) is 64.1 Å². The summed E-state index contributed by atoms with van der Waals surface area (Å²) < 4.78 is 10.1. The molecule has 0 spiro atoms. The molecule has 1 aliphatic carbocycles. The van der Waals surface area contributed by atoms with Crippen LogP contribution in [0.1, 0.15) is 17.0 Å². The zero-order valence-electron chi connectivity index (χ0n) is 17.2. The van der Waals surface area contributed by atoms with E-state index in [9.17, 15) is 14.4 Å². The van der Waals surface area contributed by atoms with Crippen molar-refractivity contribution >= 4 is 25.8 Å². The average Bonchev–Trinajstić information content (AvgIpc) is 3.10. The second-order valence-electron chi connectivity index (χ2n) is 7.00. The molecule has 3 rings (SSSR count). The van der Waals surface area contributed by atoms with Crippen LogP contribution in [0.25, 0.3) is 11.1 Å². The molecule has 156 valence electrons. The van der Waals surface area contributed by atoms with E-state index in [2.05, 4.69) is 34.3 Å². The summed E-state index contributed by atoms with van der Waals surface area (Å²) in [5, 5.41) is 2.65. The van der Waals surface area contributed by atoms with Crippen molar-refractivity contribution in [2.45, 2.75) is 12.2 Å². The number of alkyl carbamates (subject to hydrolysis) is 1. The van der Waals surface area contributed by atoms with Gasteiger partial charge in [0, 0.05) is 19.0 Å².